The van der Waals surface area contributed by atoms with Crippen LogP contribution in [-0.4, -0.2) is 57.9 Å². The highest BCUT2D eigenvalue weighted by Crippen LogP contribution is 2.32. The fourth-order valence-corrected chi connectivity index (χ4v) is 4.12. The second kappa shape index (κ2) is 9.98. The van der Waals surface area contributed by atoms with Gasteiger partial charge in [-0.25, -0.2) is 18.7 Å². The average molecular weight is 511 g/mol. The second-order valence-corrected chi connectivity index (χ2v) is 9.33. The molecule has 1 atom stereocenters. The quantitative estimate of drug-likeness (QED) is 0.539. The first kappa shape index (κ1) is 25.8. The molecule has 2 fully saturated rings. The highest BCUT2D eigenvalue weighted by Gasteiger charge is 2.43. The first-order valence-corrected chi connectivity index (χ1v) is 11.6. The van der Waals surface area contributed by atoms with Crippen LogP contribution in [0.25, 0.3) is 0 Å². The molecule has 0 spiro atoms. The van der Waals surface area contributed by atoms with Gasteiger partial charge >= 0.3 is 6.18 Å². The van der Waals surface area contributed by atoms with Gasteiger partial charge in [-0.15, -0.1) is 0 Å². The molecule has 1 aliphatic carbocycles. The van der Waals surface area contributed by atoms with Crippen LogP contribution in [0.3, 0.4) is 0 Å². The molecule has 12 heteroatoms. The third-order valence-electron chi connectivity index (χ3n) is 6.19. The Morgan fingerprint density at radius 1 is 1.14 bits per heavy atom. The topological polar surface area (TPSA) is 87.2 Å². The number of hydrogen-bond donors (Lipinski definition) is 2. The molecule has 2 aromatic rings. The Labute approximate surface area is 204 Å². The lowest BCUT2D eigenvalue weighted by atomic mass is 9.98. The van der Waals surface area contributed by atoms with Crippen LogP contribution >= 0.6 is 0 Å². The van der Waals surface area contributed by atoms with E-state index in [9.17, 15) is 31.5 Å². The Morgan fingerprint density at radius 3 is 2.58 bits per heavy atom. The molecule has 4 rings (SSSR count). The lowest BCUT2D eigenvalue weighted by Gasteiger charge is -2.39. The maximum atomic E-state index is 14.3. The van der Waals surface area contributed by atoms with Crippen molar-refractivity contribution in [2.75, 3.05) is 18.4 Å². The Balaban J connectivity index is 1.52. The van der Waals surface area contributed by atoms with Crippen molar-refractivity contribution in [2.45, 2.75) is 57.2 Å². The Bertz CT molecular complexity index is 1140. The maximum absolute atomic E-state index is 14.3. The van der Waals surface area contributed by atoms with Crippen LogP contribution in [0.4, 0.5) is 33.6 Å². The zero-order chi connectivity index (χ0) is 26.1. The molecule has 2 amide bonds. The van der Waals surface area contributed by atoms with E-state index in [2.05, 4.69) is 20.6 Å². The largest absolute Gasteiger partial charge is 0.393 e. The predicted octanol–water partition coefficient (Wildman–Crippen LogP) is 4.40. The normalized spacial score (nSPS) is 19.6. The zero-order valence-electron chi connectivity index (χ0n) is 19.5. The van der Waals surface area contributed by atoms with E-state index in [-0.39, 0.29) is 47.7 Å². The number of amides is 2. The van der Waals surface area contributed by atoms with Crippen LogP contribution < -0.4 is 10.6 Å². The van der Waals surface area contributed by atoms with Gasteiger partial charge in [0, 0.05) is 31.1 Å². The number of carbonyl (C=O) groups is 2. The lowest BCUT2D eigenvalue weighted by molar-refractivity contribution is -0.127. The molecule has 2 aromatic heterocycles. The first-order chi connectivity index (χ1) is 16.9. The molecule has 36 heavy (non-hydrogen) atoms. The number of aryl methyl sites for hydroxylation is 1. The van der Waals surface area contributed by atoms with Crippen LogP contribution in [0.15, 0.2) is 30.5 Å². The van der Waals surface area contributed by atoms with E-state index in [4.69, 9.17) is 0 Å². The molecule has 3 heterocycles. The summed E-state index contributed by atoms with van der Waals surface area (Å²) in [4.78, 5) is 34.7. The van der Waals surface area contributed by atoms with Crippen molar-refractivity contribution in [1.29, 1.82) is 0 Å². The molecule has 0 bridgehead atoms. The Kier molecular flexibility index (Phi) is 7.14. The summed E-state index contributed by atoms with van der Waals surface area (Å²) in [6.45, 7) is 0.887. The molecule has 194 valence electrons. The van der Waals surface area contributed by atoms with Crippen molar-refractivity contribution in [2.24, 2.45) is 5.92 Å². The summed E-state index contributed by atoms with van der Waals surface area (Å²) in [5.74, 6) is -3.74. The average Bonchev–Trinajstić information content (AvgIpc) is 3.63. The minimum Gasteiger partial charge on any atom is -0.354 e. The number of anilines is 2. The monoisotopic (exact) mass is 511 g/mol. The summed E-state index contributed by atoms with van der Waals surface area (Å²) in [5.41, 5.74) is 0.372. The number of hydrogen-bond acceptors (Lipinski definition) is 5. The van der Waals surface area contributed by atoms with Crippen molar-refractivity contribution in [3.63, 3.8) is 0 Å². The van der Waals surface area contributed by atoms with Crippen LogP contribution in [0.5, 0.6) is 0 Å². The third-order valence-corrected chi connectivity index (χ3v) is 6.19. The van der Waals surface area contributed by atoms with Crippen molar-refractivity contribution < 1.29 is 31.5 Å². The van der Waals surface area contributed by atoms with Gasteiger partial charge in [-0.3, -0.25) is 9.59 Å². The summed E-state index contributed by atoms with van der Waals surface area (Å²) in [5, 5.41) is 5.54. The number of nitrogens with one attached hydrogen (secondary N) is 2. The summed E-state index contributed by atoms with van der Waals surface area (Å²) in [6.07, 6.45) is -3.06. The van der Waals surface area contributed by atoms with Crippen molar-refractivity contribution in [3.8, 4) is 0 Å². The van der Waals surface area contributed by atoms with Crippen molar-refractivity contribution >= 4 is 23.5 Å². The van der Waals surface area contributed by atoms with Gasteiger partial charge in [0.1, 0.15) is 17.3 Å². The van der Waals surface area contributed by atoms with E-state index in [0.29, 0.717) is 5.56 Å². The summed E-state index contributed by atoms with van der Waals surface area (Å²) in [6, 6.07) is 4.93. The number of piperidine rings is 1. The standard InChI is InChI=1S/C24H26F5N5O2/c1-14-2-5-18(32-19-10-15(7-9-30-19)11-24(27,28)29)33-20(14)22(36)34-13-23(25,26)8-6-17(34)12-31-21(35)16-3-4-16/h2,5,7,9-10,16-17H,3-4,6,8,11-13H2,1H3,(H,31,35)(H,30,32,33)/t17-/m1/s1. The van der Waals surface area contributed by atoms with Gasteiger partial charge in [0.2, 0.25) is 5.91 Å². The highest BCUT2D eigenvalue weighted by atomic mass is 19.4. The smallest absolute Gasteiger partial charge is 0.354 e. The number of nitrogens with zero attached hydrogens (tertiary/aromatic N) is 3. The van der Waals surface area contributed by atoms with Crippen LogP contribution in [0.2, 0.25) is 0 Å². The minimum absolute atomic E-state index is 0.00459. The summed E-state index contributed by atoms with van der Waals surface area (Å²) < 4.78 is 66.7. The fourth-order valence-electron chi connectivity index (χ4n) is 4.12. The van der Waals surface area contributed by atoms with Gasteiger partial charge in [0.15, 0.2) is 0 Å². The van der Waals surface area contributed by atoms with Crippen LogP contribution in [-0.2, 0) is 11.2 Å². The molecular weight excluding hydrogens is 485 g/mol. The number of alkyl halides is 5. The molecule has 0 radical (unpaired) electrons. The minimum atomic E-state index is -4.38. The number of aromatic nitrogens is 2. The molecular formula is C24H26F5N5O2. The van der Waals surface area contributed by atoms with Gasteiger partial charge in [-0.05, 0) is 55.5 Å². The number of pyridine rings is 2. The molecule has 2 N–H and O–H groups in total. The van der Waals surface area contributed by atoms with E-state index in [1.807, 2.05) is 0 Å². The van der Waals surface area contributed by atoms with E-state index >= 15 is 0 Å². The van der Waals surface area contributed by atoms with E-state index in [0.717, 1.165) is 17.7 Å². The molecule has 2 aliphatic rings. The van der Waals surface area contributed by atoms with Gasteiger partial charge < -0.3 is 15.5 Å². The van der Waals surface area contributed by atoms with Gasteiger partial charge in [0.25, 0.3) is 11.8 Å². The predicted molar refractivity (Wildman–Crippen MR) is 121 cm³/mol. The third kappa shape index (κ3) is 6.67. The molecule has 1 saturated heterocycles. The molecule has 1 aliphatic heterocycles. The van der Waals surface area contributed by atoms with Crippen LogP contribution in [0, 0.1) is 12.8 Å². The highest BCUT2D eigenvalue weighted by molar-refractivity contribution is 5.94. The van der Waals surface area contributed by atoms with E-state index < -0.39 is 43.4 Å². The number of halogens is 5. The maximum Gasteiger partial charge on any atom is 0.393 e. The molecule has 1 saturated carbocycles. The number of rotatable bonds is 7. The van der Waals surface area contributed by atoms with Crippen molar-refractivity contribution in [3.05, 3.63) is 47.3 Å². The van der Waals surface area contributed by atoms with Gasteiger partial charge in [-0.2, -0.15) is 13.2 Å². The molecule has 0 aromatic carbocycles. The van der Waals surface area contributed by atoms with Crippen molar-refractivity contribution in [1.82, 2.24) is 20.2 Å². The van der Waals surface area contributed by atoms with E-state index in [1.165, 1.54) is 24.4 Å². The zero-order valence-corrected chi connectivity index (χ0v) is 19.5. The van der Waals surface area contributed by atoms with Gasteiger partial charge in [-0.1, -0.05) is 6.07 Å². The summed E-state index contributed by atoms with van der Waals surface area (Å²) >= 11 is 0. The summed E-state index contributed by atoms with van der Waals surface area (Å²) in [7, 11) is 0. The first-order valence-electron chi connectivity index (χ1n) is 11.6. The molecule has 0 unspecified atom stereocenters. The lowest BCUT2D eigenvalue weighted by Crippen LogP contribution is -2.55. The van der Waals surface area contributed by atoms with Gasteiger partial charge in [0.05, 0.1) is 13.0 Å². The van der Waals surface area contributed by atoms with Crippen LogP contribution in [0.1, 0.15) is 47.3 Å². The van der Waals surface area contributed by atoms with E-state index in [1.54, 1.807) is 13.0 Å². The SMILES string of the molecule is Cc1ccc(Nc2cc(CC(F)(F)F)ccn2)nc1C(=O)N1CC(F)(F)CC[C@@H]1CNC(=O)C1CC1. The number of carbonyl (C=O) groups excluding carboxylic acids is 2. The Hall–Kier alpha value is -3.31. The Morgan fingerprint density at radius 2 is 1.89 bits per heavy atom. The second-order valence-electron chi connectivity index (χ2n) is 9.33. The fraction of sp³-hybridized carbons (Fsp3) is 0.500. The number of likely N-dealkylation sites (tertiary alicyclic amines) is 1. The molecule has 7 nitrogen and oxygen atoms in total.